The Morgan fingerprint density at radius 2 is 1.50 bits per heavy atom. The first-order valence-electron chi connectivity index (χ1n) is 7.28. The van der Waals surface area contributed by atoms with Crippen LogP contribution in [0.3, 0.4) is 0 Å². The molecule has 0 unspecified atom stereocenters. The van der Waals surface area contributed by atoms with E-state index in [4.69, 9.17) is 0 Å². The van der Waals surface area contributed by atoms with E-state index in [0.29, 0.717) is 0 Å². The third kappa shape index (κ3) is 2.14. The Morgan fingerprint density at radius 3 is 2.00 bits per heavy atom. The summed E-state index contributed by atoms with van der Waals surface area (Å²) in [7, 11) is 0. The minimum Gasteiger partial charge on any atom is -0.304 e. The third-order valence-corrected chi connectivity index (χ3v) is 5.29. The van der Waals surface area contributed by atoms with Crippen LogP contribution in [0.5, 0.6) is 0 Å². The zero-order valence-electron chi connectivity index (χ0n) is 10.7. The summed E-state index contributed by atoms with van der Waals surface area (Å²) < 4.78 is 0. The van der Waals surface area contributed by atoms with E-state index in [1.807, 2.05) is 0 Å². The van der Waals surface area contributed by atoms with E-state index in [1.165, 1.54) is 71.2 Å². The molecule has 2 nitrogen and oxygen atoms in total. The van der Waals surface area contributed by atoms with Crippen molar-refractivity contribution in [2.75, 3.05) is 32.7 Å². The lowest BCUT2D eigenvalue weighted by Gasteiger charge is -2.47. The maximum Gasteiger partial charge on any atom is 0.00964 e. The summed E-state index contributed by atoms with van der Waals surface area (Å²) in [6.45, 7) is 9.07. The van der Waals surface area contributed by atoms with Crippen LogP contribution in [0.1, 0.15) is 45.4 Å². The van der Waals surface area contributed by atoms with Gasteiger partial charge >= 0.3 is 0 Å². The van der Waals surface area contributed by atoms with Crippen molar-refractivity contribution in [2.24, 2.45) is 5.41 Å². The van der Waals surface area contributed by atoms with Gasteiger partial charge in [0.25, 0.3) is 0 Å². The fourth-order valence-electron chi connectivity index (χ4n) is 3.65. The quantitative estimate of drug-likeness (QED) is 0.707. The minimum atomic E-state index is 0.747. The molecule has 1 aliphatic carbocycles. The monoisotopic (exact) mass is 222 g/mol. The predicted octanol–water partition coefficient (Wildman–Crippen LogP) is 2.35. The molecule has 1 spiro atoms. The summed E-state index contributed by atoms with van der Waals surface area (Å²) in [4.78, 5) is 5.38. The van der Waals surface area contributed by atoms with E-state index in [2.05, 4.69) is 16.7 Å². The first-order chi connectivity index (χ1) is 7.81. The van der Waals surface area contributed by atoms with E-state index in [1.54, 1.807) is 0 Å². The van der Waals surface area contributed by atoms with Gasteiger partial charge in [0.2, 0.25) is 0 Å². The predicted molar refractivity (Wildman–Crippen MR) is 67.6 cm³/mol. The summed E-state index contributed by atoms with van der Waals surface area (Å²) >= 11 is 0. The maximum absolute atomic E-state index is 2.76. The average molecular weight is 222 g/mol. The highest BCUT2D eigenvalue weighted by atomic mass is 15.2. The molecule has 2 saturated heterocycles. The zero-order valence-corrected chi connectivity index (χ0v) is 10.7. The van der Waals surface area contributed by atoms with Gasteiger partial charge in [-0.2, -0.15) is 0 Å². The topological polar surface area (TPSA) is 6.48 Å². The molecule has 92 valence electrons. The van der Waals surface area contributed by atoms with Crippen molar-refractivity contribution < 1.29 is 0 Å². The fraction of sp³-hybridized carbons (Fsp3) is 1.00. The molecule has 0 amide bonds. The highest BCUT2D eigenvalue weighted by Crippen LogP contribution is 2.43. The van der Waals surface area contributed by atoms with Crippen LogP contribution in [-0.2, 0) is 0 Å². The van der Waals surface area contributed by atoms with Gasteiger partial charge in [-0.15, -0.1) is 0 Å². The van der Waals surface area contributed by atoms with Gasteiger partial charge in [-0.05, 0) is 76.7 Å². The summed E-state index contributed by atoms with van der Waals surface area (Å²) in [5.41, 5.74) is 0.747. The lowest BCUT2D eigenvalue weighted by molar-refractivity contribution is 0.0340. The Kier molecular flexibility index (Phi) is 2.97. The second kappa shape index (κ2) is 4.30. The van der Waals surface area contributed by atoms with E-state index < -0.39 is 0 Å². The van der Waals surface area contributed by atoms with E-state index in [9.17, 15) is 0 Å². The Hall–Kier alpha value is -0.0800. The van der Waals surface area contributed by atoms with Gasteiger partial charge in [-0.25, -0.2) is 0 Å². The highest BCUT2D eigenvalue weighted by molar-refractivity contribution is 4.94. The summed E-state index contributed by atoms with van der Waals surface area (Å²) in [6, 6.07) is 0.994. The van der Waals surface area contributed by atoms with Gasteiger partial charge < -0.3 is 9.80 Å². The number of hydrogen-bond donors (Lipinski definition) is 0. The number of nitrogens with zero attached hydrogens (tertiary/aromatic N) is 2. The Labute approximate surface area is 100.0 Å². The number of rotatable bonds is 2. The molecule has 0 aromatic carbocycles. The molecule has 16 heavy (non-hydrogen) atoms. The van der Waals surface area contributed by atoms with Gasteiger partial charge in [-0.1, -0.05) is 6.92 Å². The van der Waals surface area contributed by atoms with E-state index in [0.717, 1.165) is 11.5 Å². The molecule has 2 heterocycles. The summed E-state index contributed by atoms with van der Waals surface area (Å²) in [6.07, 6.45) is 8.88. The van der Waals surface area contributed by atoms with Crippen molar-refractivity contribution in [1.82, 2.24) is 9.80 Å². The smallest absolute Gasteiger partial charge is 0.00964 e. The van der Waals surface area contributed by atoms with Crippen molar-refractivity contribution in [3.8, 4) is 0 Å². The molecule has 1 saturated carbocycles. The minimum absolute atomic E-state index is 0.747. The number of hydrogen-bond acceptors (Lipinski definition) is 2. The van der Waals surface area contributed by atoms with Crippen LogP contribution < -0.4 is 0 Å². The highest BCUT2D eigenvalue weighted by Gasteiger charge is 2.40. The van der Waals surface area contributed by atoms with Crippen LogP contribution in [0, 0.1) is 5.41 Å². The Balaban J connectivity index is 1.52. The van der Waals surface area contributed by atoms with Gasteiger partial charge in [0.1, 0.15) is 0 Å². The molecule has 2 heteroatoms. The SMILES string of the molecule is CCN1CCC2(CC1)CCN(C1CC1)CC2. The standard InChI is InChI=1S/C14H26N2/c1-2-15-9-5-14(6-10-15)7-11-16(12-8-14)13-3-4-13/h13H,2-12H2,1H3. The van der Waals surface area contributed by atoms with Gasteiger partial charge in [0, 0.05) is 6.04 Å². The average Bonchev–Trinajstić information content (AvgIpc) is 3.15. The van der Waals surface area contributed by atoms with Crippen LogP contribution in [0.25, 0.3) is 0 Å². The van der Waals surface area contributed by atoms with Crippen LogP contribution in [0.15, 0.2) is 0 Å². The second-order valence-electron chi connectivity index (χ2n) is 6.20. The zero-order chi connectivity index (χ0) is 11.0. The molecule has 0 N–H and O–H groups in total. The van der Waals surface area contributed by atoms with Gasteiger partial charge in [0.15, 0.2) is 0 Å². The van der Waals surface area contributed by atoms with Crippen LogP contribution >= 0.6 is 0 Å². The third-order valence-electron chi connectivity index (χ3n) is 5.29. The van der Waals surface area contributed by atoms with Crippen molar-refractivity contribution >= 4 is 0 Å². The van der Waals surface area contributed by atoms with E-state index in [-0.39, 0.29) is 0 Å². The van der Waals surface area contributed by atoms with Crippen molar-refractivity contribution in [2.45, 2.75) is 51.5 Å². The largest absolute Gasteiger partial charge is 0.304 e. The second-order valence-corrected chi connectivity index (χ2v) is 6.20. The Bertz CT molecular complexity index is 229. The fourth-order valence-corrected chi connectivity index (χ4v) is 3.65. The molecule has 0 atom stereocenters. The summed E-state index contributed by atoms with van der Waals surface area (Å²) in [5, 5.41) is 0. The summed E-state index contributed by atoms with van der Waals surface area (Å²) in [5.74, 6) is 0. The number of piperidine rings is 2. The molecule has 2 aliphatic heterocycles. The lowest BCUT2D eigenvalue weighted by atomic mass is 9.71. The molecule has 3 aliphatic rings. The molecular weight excluding hydrogens is 196 g/mol. The lowest BCUT2D eigenvalue weighted by Crippen LogP contribution is -2.47. The molecule has 3 rings (SSSR count). The van der Waals surface area contributed by atoms with Gasteiger partial charge in [-0.3, -0.25) is 0 Å². The van der Waals surface area contributed by atoms with Crippen LogP contribution in [0.4, 0.5) is 0 Å². The number of likely N-dealkylation sites (tertiary alicyclic amines) is 2. The molecule has 3 fully saturated rings. The molecule has 0 bridgehead atoms. The van der Waals surface area contributed by atoms with Crippen LogP contribution in [-0.4, -0.2) is 48.6 Å². The Morgan fingerprint density at radius 1 is 0.938 bits per heavy atom. The molecular formula is C14H26N2. The maximum atomic E-state index is 2.76. The van der Waals surface area contributed by atoms with Crippen molar-refractivity contribution in [3.63, 3.8) is 0 Å². The van der Waals surface area contributed by atoms with Crippen LogP contribution in [0.2, 0.25) is 0 Å². The molecule has 0 aromatic rings. The first kappa shape index (κ1) is 11.0. The molecule has 0 aromatic heterocycles. The van der Waals surface area contributed by atoms with Gasteiger partial charge in [0.05, 0.1) is 0 Å². The van der Waals surface area contributed by atoms with Crippen molar-refractivity contribution in [1.29, 1.82) is 0 Å². The molecule has 0 radical (unpaired) electrons. The normalized spacial score (nSPS) is 32.1. The first-order valence-corrected chi connectivity index (χ1v) is 7.28. The van der Waals surface area contributed by atoms with Crippen molar-refractivity contribution in [3.05, 3.63) is 0 Å². The van der Waals surface area contributed by atoms with E-state index >= 15 is 0 Å².